The molecule has 0 spiro atoms. The van der Waals surface area contributed by atoms with Crippen LogP contribution in [-0.4, -0.2) is 23.6 Å². The van der Waals surface area contributed by atoms with Crippen molar-refractivity contribution in [2.75, 3.05) is 19.0 Å². The zero-order chi connectivity index (χ0) is 21.9. The fourth-order valence-electron chi connectivity index (χ4n) is 4.19. The summed E-state index contributed by atoms with van der Waals surface area (Å²) >= 11 is 3.52. The Labute approximate surface area is 196 Å². The number of thiophene rings is 1. The van der Waals surface area contributed by atoms with Crippen LogP contribution in [0.25, 0.3) is 10.2 Å². The van der Waals surface area contributed by atoms with Crippen LogP contribution in [0, 0.1) is 12.8 Å². The molecule has 0 aliphatic heterocycles. The molecule has 1 atom stereocenters. The normalized spacial score (nSPS) is 15.5. The van der Waals surface area contributed by atoms with Crippen LogP contribution in [0.1, 0.15) is 22.4 Å². The van der Waals surface area contributed by atoms with Gasteiger partial charge in [-0.15, -0.1) is 11.3 Å². The molecule has 7 heteroatoms. The molecule has 5 rings (SSSR count). The Kier molecular flexibility index (Phi) is 6.30. The fraction of sp³-hybridized carbons (Fsp3) is 0.280. The van der Waals surface area contributed by atoms with Gasteiger partial charge in [0, 0.05) is 22.0 Å². The molecule has 0 amide bonds. The Morgan fingerprint density at radius 1 is 1.16 bits per heavy atom. The first-order chi connectivity index (χ1) is 15.7. The van der Waals surface area contributed by atoms with Crippen molar-refractivity contribution in [3.8, 4) is 5.75 Å². The molecule has 0 bridgehead atoms. The first-order valence-corrected chi connectivity index (χ1v) is 12.5. The van der Waals surface area contributed by atoms with Crippen molar-refractivity contribution in [1.29, 1.82) is 0 Å². The zero-order valence-electron chi connectivity index (χ0n) is 18.2. The highest BCUT2D eigenvalue weighted by Gasteiger charge is 2.25. The van der Waals surface area contributed by atoms with Crippen LogP contribution in [0.2, 0.25) is 0 Å². The van der Waals surface area contributed by atoms with Crippen LogP contribution in [0.5, 0.6) is 5.75 Å². The van der Waals surface area contributed by atoms with E-state index in [-0.39, 0.29) is 0 Å². The van der Waals surface area contributed by atoms with E-state index >= 15 is 0 Å². The van der Waals surface area contributed by atoms with Gasteiger partial charge in [-0.25, -0.2) is 9.97 Å². The van der Waals surface area contributed by atoms with Crippen LogP contribution in [0.4, 0.5) is 11.5 Å². The highest BCUT2D eigenvalue weighted by Crippen LogP contribution is 2.40. The van der Waals surface area contributed by atoms with Crippen molar-refractivity contribution in [1.82, 2.24) is 14.7 Å². The number of rotatable bonds is 7. The number of benzene rings is 2. The second-order valence-corrected chi connectivity index (χ2v) is 10.2. The molecule has 0 saturated carbocycles. The highest BCUT2D eigenvalue weighted by atomic mass is 32.2. The minimum absolute atomic E-state index is 0.627. The maximum Gasteiger partial charge on any atom is 0.142 e. The van der Waals surface area contributed by atoms with E-state index in [1.54, 1.807) is 25.4 Å². The molecular formula is C25H26N4OS2. The summed E-state index contributed by atoms with van der Waals surface area (Å²) in [5.41, 5.74) is 3.73. The lowest BCUT2D eigenvalue weighted by atomic mass is 9.88. The van der Waals surface area contributed by atoms with Crippen LogP contribution in [0.3, 0.4) is 0 Å². The molecule has 4 aromatic rings. The summed E-state index contributed by atoms with van der Waals surface area (Å²) in [7, 11) is 1.69. The smallest absolute Gasteiger partial charge is 0.142 e. The molecule has 32 heavy (non-hydrogen) atoms. The maximum absolute atomic E-state index is 5.23. The predicted molar refractivity (Wildman–Crippen MR) is 134 cm³/mol. The number of nitrogens with zero attached hydrogens (tertiary/aromatic N) is 2. The lowest BCUT2D eigenvalue weighted by Crippen LogP contribution is -2.22. The van der Waals surface area contributed by atoms with Crippen molar-refractivity contribution in [2.24, 2.45) is 5.92 Å². The average Bonchev–Trinajstić information content (AvgIpc) is 3.18. The molecule has 0 saturated heterocycles. The average molecular weight is 463 g/mol. The highest BCUT2D eigenvalue weighted by molar-refractivity contribution is 7.97. The van der Waals surface area contributed by atoms with E-state index in [2.05, 4.69) is 63.3 Å². The van der Waals surface area contributed by atoms with Gasteiger partial charge in [0.05, 0.1) is 12.5 Å². The topological polar surface area (TPSA) is 59.1 Å². The van der Waals surface area contributed by atoms with Crippen LogP contribution >= 0.6 is 23.3 Å². The monoisotopic (exact) mass is 462 g/mol. The van der Waals surface area contributed by atoms with Gasteiger partial charge in [-0.3, -0.25) is 4.72 Å². The number of aryl methyl sites for hydroxylation is 2. The maximum atomic E-state index is 5.23. The molecule has 5 nitrogen and oxygen atoms in total. The van der Waals surface area contributed by atoms with Crippen molar-refractivity contribution < 1.29 is 4.74 Å². The third kappa shape index (κ3) is 4.60. The van der Waals surface area contributed by atoms with E-state index in [0.717, 1.165) is 41.5 Å². The van der Waals surface area contributed by atoms with Crippen molar-refractivity contribution in [2.45, 2.75) is 31.1 Å². The zero-order valence-corrected chi connectivity index (χ0v) is 19.9. The summed E-state index contributed by atoms with van der Waals surface area (Å²) in [5.74, 6) is 2.44. The van der Waals surface area contributed by atoms with Gasteiger partial charge >= 0.3 is 0 Å². The second-order valence-electron chi connectivity index (χ2n) is 8.14. The largest absolute Gasteiger partial charge is 0.497 e. The molecular weight excluding hydrogens is 436 g/mol. The van der Waals surface area contributed by atoms with E-state index in [1.165, 1.54) is 32.7 Å². The van der Waals surface area contributed by atoms with Crippen LogP contribution in [0.15, 0.2) is 59.8 Å². The Balaban J connectivity index is 1.27. The second kappa shape index (κ2) is 9.48. The van der Waals surface area contributed by atoms with Gasteiger partial charge in [0.15, 0.2) is 0 Å². The van der Waals surface area contributed by atoms with Gasteiger partial charge in [-0.2, -0.15) is 0 Å². The first kappa shape index (κ1) is 21.2. The minimum atomic E-state index is 0.627. The lowest BCUT2D eigenvalue weighted by Gasteiger charge is -2.22. The first-order valence-electron chi connectivity index (χ1n) is 10.8. The molecule has 0 radical (unpaired) electrons. The van der Waals surface area contributed by atoms with E-state index in [9.17, 15) is 0 Å². The van der Waals surface area contributed by atoms with Crippen LogP contribution in [-0.2, 0) is 12.8 Å². The molecule has 2 aromatic heterocycles. The Morgan fingerprint density at radius 3 is 2.84 bits per heavy atom. The van der Waals surface area contributed by atoms with Gasteiger partial charge in [-0.1, -0.05) is 12.1 Å². The summed E-state index contributed by atoms with van der Waals surface area (Å²) < 4.78 is 8.79. The van der Waals surface area contributed by atoms with Crippen molar-refractivity contribution in [3.05, 3.63) is 70.9 Å². The van der Waals surface area contributed by atoms with Crippen LogP contribution < -0.4 is 14.8 Å². The van der Waals surface area contributed by atoms with Crippen molar-refractivity contribution >= 4 is 45.0 Å². The molecule has 1 aliphatic carbocycles. The Morgan fingerprint density at radius 2 is 2.03 bits per heavy atom. The Bertz CT molecular complexity index is 1220. The summed E-state index contributed by atoms with van der Waals surface area (Å²) in [6.45, 7) is 3.10. The SMILES string of the molecule is COc1ccc(SNCC2CCc3c(sc4ncnc(Nc5cccc(C)c5)c34)C2)cc1. The van der Waals surface area contributed by atoms with Gasteiger partial charge in [0.25, 0.3) is 0 Å². The summed E-state index contributed by atoms with van der Waals surface area (Å²) in [4.78, 5) is 12.9. The Hall–Kier alpha value is -2.61. The lowest BCUT2D eigenvalue weighted by molar-refractivity contribution is 0.414. The molecule has 2 N–H and O–H groups in total. The van der Waals surface area contributed by atoms with Gasteiger partial charge in [0.2, 0.25) is 0 Å². The van der Waals surface area contributed by atoms with E-state index in [4.69, 9.17) is 4.74 Å². The van der Waals surface area contributed by atoms with Crippen molar-refractivity contribution in [3.63, 3.8) is 0 Å². The molecule has 1 unspecified atom stereocenters. The molecule has 164 valence electrons. The standard InChI is InChI=1S/C25H26N4OS2/c1-16-4-3-5-18(12-16)29-24-23-21-11-6-17(13-22(21)31-25(23)27-15-26-24)14-28-32-20-9-7-19(30-2)8-10-20/h3-5,7-10,12,15,17,28H,6,11,13-14H2,1-2H3,(H,26,27,29). The number of fused-ring (bicyclic) bond motifs is 3. The number of anilines is 2. The number of ether oxygens (including phenoxy) is 1. The summed E-state index contributed by atoms with van der Waals surface area (Å²) in [6, 6.07) is 16.6. The number of methoxy groups -OCH3 is 1. The molecule has 1 aliphatic rings. The quantitative estimate of drug-likeness (QED) is 0.321. The van der Waals surface area contributed by atoms with Gasteiger partial charge < -0.3 is 10.1 Å². The van der Waals surface area contributed by atoms with E-state index in [0.29, 0.717) is 5.92 Å². The van der Waals surface area contributed by atoms with Gasteiger partial charge in [-0.05, 0) is 91.6 Å². The molecule has 2 heterocycles. The van der Waals surface area contributed by atoms with Gasteiger partial charge in [0.1, 0.15) is 22.7 Å². The summed E-state index contributed by atoms with van der Waals surface area (Å²) in [6.07, 6.45) is 5.02. The molecule has 2 aromatic carbocycles. The molecule has 0 fully saturated rings. The fourth-order valence-corrected chi connectivity index (χ4v) is 6.25. The summed E-state index contributed by atoms with van der Waals surface area (Å²) in [5, 5.41) is 4.73. The minimum Gasteiger partial charge on any atom is -0.497 e. The third-order valence-electron chi connectivity index (χ3n) is 5.85. The third-order valence-corrected chi connectivity index (χ3v) is 7.83. The van der Waals surface area contributed by atoms with E-state index in [1.807, 2.05) is 23.5 Å². The van der Waals surface area contributed by atoms with E-state index < -0.39 is 0 Å². The number of aromatic nitrogens is 2. The predicted octanol–water partition coefficient (Wildman–Crippen LogP) is 6.15. The number of nitrogens with one attached hydrogen (secondary N) is 2. The number of hydrogen-bond acceptors (Lipinski definition) is 7. The number of hydrogen-bond donors (Lipinski definition) is 2.